The first-order valence-electron chi connectivity index (χ1n) is 6.18. The van der Waals surface area contributed by atoms with Gasteiger partial charge < -0.3 is 19.2 Å². The Balaban J connectivity index is 1.92. The van der Waals surface area contributed by atoms with Crippen LogP contribution in [0.25, 0.3) is 11.0 Å². The lowest BCUT2D eigenvalue weighted by Gasteiger charge is -2.04. The Hall–Kier alpha value is -1.68. The van der Waals surface area contributed by atoms with Crippen LogP contribution in [0, 0.1) is 0 Å². The highest BCUT2D eigenvalue weighted by Gasteiger charge is 2.21. The molecular formula is C14H17NO3. The summed E-state index contributed by atoms with van der Waals surface area (Å²) < 4.78 is 16.4. The van der Waals surface area contributed by atoms with Gasteiger partial charge in [-0.3, -0.25) is 0 Å². The first-order valence-corrected chi connectivity index (χ1v) is 6.18. The Morgan fingerprint density at radius 3 is 2.72 bits per heavy atom. The second kappa shape index (κ2) is 4.53. The Kier molecular flexibility index (Phi) is 2.88. The molecule has 1 heterocycles. The summed E-state index contributed by atoms with van der Waals surface area (Å²) in [5.41, 5.74) is 0.804. The van der Waals surface area contributed by atoms with Crippen molar-refractivity contribution >= 4 is 11.0 Å². The molecule has 0 atom stereocenters. The molecule has 1 N–H and O–H groups in total. The first kappa shape index (κ1) is 11.4. The number of hydrogen-bond acceptors (Lipinski definition) is 4. The fourth-order valence-corrected chi connectivity index (χ4v) is 2.04. The van der Waals surface area contributed by atoms with Crippen molar-refractivity contribution in [2.45, 2.75) is 25.4 Å². The molecule has 1 saturated carbocycles. The molecule has 4 heteroatoms. The molecule has 0 bridgehead atoms. The number of benzene rings is 1. The molecule has 0 spiro atoms. The minimum atomic E-state index is 0.676. The maximum atomic E-state index is 5.81. The SMILES string of the molecule is COc1cc(OC)c2cc(CNC3CC3)oc2c1. The molecule has 0 amide bonds. The molecule has 1 aliphatic rings. The molecule has 4 nitrogen and oxygen atoms in total. The molecule has 1 aliphatic carbocycles. The largest absolute Gasteiger partial charge is 0.496 e. The summed E-state index contributed by atoms with van der Waals surface area (Å²) in [7, 11) is 3.29. The molecule has 1 fully saturated rings. The molecule has 1 aromatic carbocycles. The Labute approximate surface area is 106 Å². The van der Waals surface area contributed by atoms with E-state index in [-0.39, 0.29) is 0 Å². The van der Waals surface area contributed by atoms with E-state index < -0.39 is 0 Å². The number of nitrogens with one attached hydrogen (secondary N) is 1. The highest BCUT2D eigenvalue weighted by Crippen LogP contribution is 2.33. The van der Waals surface area contributed by atoms with E-state index in [1.165, 1.54) is 12.8 Å². The van der Waals surface area contributed by atoms with E-state index in [9.17, 15) is 0 Å². The zero-order chi connectivity index (χ0) is 12.5. The van der Waals surface area contributed by atoms with E-state index >= 15 is 0 Å². The average molecular weight is 247 g/mol. The topological polar surface area (TPSA) is 43.6 Å². The van der Waals surface area contributed by atoms with Crippen molar-refractivity contribution in [3.8, 4) is 11.5 Å². The van der Waals surface area contributed by atoms with Crippen LogP contribution in [0.2, 0.25) is 0 Å². The van der Waals surface area contributed by atoms with Crippen molar-refractivity contribution in [2.24, 2.45) is 0 Å². The monoisotopic (exact) mass is 247 g/mol. The summed E-state index contributed by atoms with van der Waals surface area (Å²) >= 11 is 0. The second-order valence-corrected chi connectivity index (χ2v) is 4.61. The normalized spacial score (nSPS) is 15.0. The van der Waals surface area contributed by atoms with Gasteiger partial charge in [-0.25, -0.2) is 0 Å². The molecule has 18 heavy (non-hydrogen) atoms. The predicted octanol–water partition coefficient (Wildman–Crippen LogP) is 2.70. The lowest BCUT2D eigenvalue weighted by Crippen LogP contribution is -2.14. The standard InChI is InChI=1S/C14H17NO3/c1-16-10-6-13(17-2)12-5-11(18-14(12)7-10)8-15-9-3-4-9/h5-7,9,15H,3-4,8H2,1-2H3. The second-order valence-electron chi connectivity index (χ2n) is 4.61. The smallest absolute Gasteiger partial charge is 0.141 e. The highest BCUT2D eigenvalue weighted by atomic mass is 16.5. The van der Waals surface area contributed by atoms with Gasteiger partial charge in [0.15, 0.2) is 0 Å². The molecule has 1 aromatic heterocycles. The number of ether oxygens (including phenoxy) is 2. The van der Waals surface area contributed by atoms with E-state index in [2.05, 4.69) is 5.32 Å². The van der Waals surface area contributed by atoms with Crippen molar-refractivity contribution in [3.63, 3.8) is 0 Å². The van der Waals surface area contributed by atoms with Crippen LogP contribution < -0.4 is 14.8 Å². The number of furan rings is 1. The maximum absolute atomic E-state index is 5.81. The molecule has 2 aromatic rings. The van der Waals surface area contributed by atoms with Gasteiger partial charge in [0, 0.05) is 18.2 Å². The lowest BCUT2D eigenvalue weighted by molar-refractivity contribution is 0.397. The van der Waals surface area contributed by atoms with E-state index in [0.29, 0.717) is 6.04 Å². The summed E-state index contributed by atoms with van der Waals surface area (Å²) in [5.74, 6) is 2.46. The van der Waals surface area contributed by atoms with E-state index in [0.717, 1.165) is 34.8 Å². The van der Waals surface area contributed by atoms with Gasteiger partial charge in [0.05, 0.1) is 26.2 Å². The van der Waals surface area contributed by atoms with Gasteiger partial charge in [0.25, 0.3) is 0 Å². The average Bonchev–Trinajstić information content (AvgIpc) is 3.13. The van der Waals surface area contributed by atoms with Crippen molar-refractivity contribution in [1.82, 2.24) is 5.32 Å². The van der Waals surface area contributed by atoms with Crippen molar-refractivity contribution in [1.29, 1.82) is 0 Å². The third kappa shape index (κ3) is 2.16. The lowest BCUT2D eigenvalue weighted by atomic mass is 10.2. The number of methoxy groups -OCH3 is 2. The number of hydrogen-bond donors (Lipinski definition) is 1. The van der Waals surface area contributed by atoms with Crippen LogP contribution in [-0.4, -0.2) is 20.3 Å². The van der Waals surface area contributed by atoms with E-state index in [1.807, 2.05) is 18.2 Å². The van der Waals surface area contributed by atoms with Gasteiger partial charge in [-0.15, -0.1) is 0 Å². The number of fused-ring (bicyclic) bond motifs is 1. The minimum Gasteiger partial charge on any atom is -0.496 e. The van der Waals surface area contributed by atoms with Gasteiger partial charge >= 0.3 is 0 Å². The van der Waals surface area contributed by atoms with Crippen LogP contribution in [0.1, 0.15) is 18.6 Å². The van der Waals surface area contributed by atoms with Crippen molar-refractivity contribution in [3.05, 3.63) is 24.0 Å². The van der Waals surface area contributed by atoms with Crippen LogP contribution in [-0.2, 0) is 6.54 Å². The van der Waals surface area contributed by atoms with Crippen LogP contribution in [0.15, 0.2) is 22.6 Å². The summed E-state index contributed by atoms with van der Waals surface area (Å²) in [4.78, 5) is 0. The fourth-order valence-electron chi connectivity index (χ4n) is 2.04. The van der Waals surface area contributed by atoms with Gasteiger partial charge in [-0.2, -0.15) is 0 Å². The summed E-state index contributed by atoms with van der Waals surface area (Å²) in [6, 6.07) is 6.46. The fraction of sp³-hybridized carbons (Fsp3) is 0.429. The Morgan fingerprint density at radius 2 is 2.06 bits per heavy atom. The van der Waals surface area contributed by atoms with Crippen molar-refractivity contribution < 1.29 is 13.9 Å². The summed E-state index contributed by atoms with van der Waals surface area (Å²) in [6.45, 7) is 0.769. The van der Waals surface area contributed by atoms with Crippen LogP contribution >= 0.6 is 0 Å². The molecular weight excluding hydrogens is 230 g/mol. The van der Waals surface area contributed by atoms with E-state index in [1.54, 1.807) is 14.2 Å². The van der Waals surface area contributed by atoms with Gasteiger partial charge in [0.1, 0.15) is 22.8 Å². The van der Waals surface area contributed by atoms with E-state index in [4.69, 9.17) is 13.9 Å². The molecule has 0 aliphatic heterocycles. The maximum Gasteiger partial charge on any atom is 0.141 e. The van der Waals surface area contributed by atoms with Crippen LogP contribution in [0.5, 0.6) is 11.5 Å². The zero-order valence-electron chi connectivity index (χ0n) is 10.7. The van der Waals surface area contributed by atoms with Crippen LogP contribution in [0.4, 0.5) is 0 Å². The summed E-state index contributed by atoms with van der Waals surface area (Å²) in [6.07, 6.45) is 2.55. The third-order valence-electron chi connectivity index (χ3n) is 3.22. The van der Waals surface area contributed by atoms with Crippen molar-refractivity contribution in [2.75, 3.05) is 14.2 Å². The zero-order valence-corrected chi connectivity index (χ0v) is 10.7. The Bertz CT molecular complexity index is 557. The summed E-state index contributed by atoms with van der Waals surface area (Å²) in [5, 5.41) is 4.43. The predicted molar refractivity (Wildman–Crippen MR) is 69.2 cm³/mol. The molecule has 3 rings (SSSR count). The third-order valence-corrected chi connectivity index (χ3v) is 3.22. The van der Waals surface area contributed by atoms with Gasteiger partial charge in [-0.05, 0) is 18.9 Å². The first-order chi connectivity index (χ1) is 8.80. The molecule has 96 valence electrons. The minimum absolute atomic E-state index is 0.676. The highest BCUT2D eigenvalue weighted by molar-refractivity contribution is 5.86. The molecule has 0 unspecified atom stereocenters. The molecule has 0 radical (unpaired) electrons. The van der Waals surface area contributed by atoms with Gasteiger partial charge in [-0.1, -0.05) is 0 Å². The van der Waals surface area contributed by atoms with Crippen LogP contribution in [0.3, 0.4) is 0 Å². The quantitative estimate of drug-likeness (QED) is 0.882. The van der Waals surface area contributed by atoms with Gasteiger partial charge in [0.2, 0.25) is 0 Å². The number of rotatable bonds is 5. The molecule has 0 saturated heterocycles. The Morgan fingerprint density at radius 1 is 1.22 bits per heavy atom.